The maximum absolute atomic E-state index is 11.6. The molecule has 4 atom stereocenters. The fourth-order valence-corrected chi connectivity index (χ4v) is 5.87. The number of hydrogen-bond donors (Lipinski definition) is 0. The molecule has 1 aliphatic rings. The van der Waals surface area contributed by atoms with Crippen LogP contribution in [0.1, 0.15) is 68.2 Å². The zero-order chi connectivity index (χ0) is 24.5. The summed E-state index contributed by atoms with van der Waals surface area (Å²) in [6.07, 6.45) is 0.278. The van der Waals surface area contributed by atoms with Crippen molar-refractivity contribution in [1.29, 1.82) is 0 Å². The van der Waals surface area contributed by atoms with E-state index in [1.807, 2.05) is 13.8 Å². The average molecular weight is 475 g/mol. The van der Waals surface area contributed by atoms with Gasteiger partial charge in [-0.3, -0.25) is 0 Å². The summed E-state index contributed by atoms with van der Waals surface area (Å²) in [4.78, 5) is 23.2. The minimum absolute atomic E-state index is 0.0154. The molecule has 0 aromatic heterocycles. The topological polar surface area (TPSA) is 71.1 Å². The Labute approximate surface area is 192 Å². The van der Waals surface area contributed by atoms with Gasteiger partial charge in [0.1, 0.15) is 24.8 Å². The monoisotopic (exact) mass is 474 g/mol. The van der Waals surface area contributed by atoms with E-state index in [9.17, 15) is 9.59 Å². The molecule has 6 nitrogen and oxygen atoms in total. The highest BCUT2D eigenvalue weighted by Crippen LogP contribution is 2.43. The van der Waals surface area contributed by atoms with Crippen LogP contribution < -0.4 is 0 Å². The molecular formula is C23H46O6Si2. The fourth-order valence-electron chi connectivity index (χ4n) is 3.19. The normalized spacial score (nSPS) is 24.6. The Morgan fingerprint density at radius 1 is 0.774 bits per heavy atom. The van der Waals surface area contributed by atoms with E-state index in [-0.39, 0.29) is 22.9 Å². The Kier molecular flexibility index (Phi) is 9.10. The largest absolute Gasteiger partial charge is 0.411 e. The van der Waals surface area contributed by atoms with Gasteiger partial charge in [-0.25, -0.2) is 0 Å². The first-order valence-electron chi connectivity index (χ1n) is 11.4. The lowest BCUT2D eigenvalue weighted by atomic mass is 10.00. The van der Waals surface area contributed by atoms with Crippen molar-refractivity contribution in [2.45, 2.75) is 135 Å². The van der Waals surface area contributed by atoms with Gasteiger partial charge in [0.25, 0.3) is 0 Å². The molecule has 31 heavy (non-hydrogen) atoms. The van der Waals surface area contributed by atoms with Crippen molar-refractivity contribution >= 4 is 29.2 Å². The van der Waals surface area contributed by atoms with Crippen molar-refractivity contribution in [1.82, 2.24) is 0 Å². The molecule has 0 bridgehead atoms. The summed E-state index contributed by atoms with van der Waals surface area (Å²) in [6, 6.07) is 0. The van der Waals surface area contributed by atoms with Gasteiger partial charge in [0, 0.05) is 12.8 Å². The highest BCUT2D eigenvalue weighted by atomic mass is 28.4. The molecule has 0 aromatic carbocycles. The van der Waals surface area contributed by atoms with E-state index in [0.29, 0.717) is 0 Å². The zero-order valence-corrected chi connectivity index (χ0v) is 23.8. The SMILES string of the molecule is CC1(C)O[C@H]([C@H](CC=O)O[Si](C)(C)C(C)(C)C)[C@@H]([C@H](CC=O)O[Si](C)(C)C(C)(C)C)O1. The summed E-state index contributed by atoms with van der Waals surface area (Å²) < 4.78 is 25.9. The van der Waals surface area contributed by atoms with Crippen LogP contribution in [-0.2, 0) is 27.9 Å². The number of rotatable bonds is 10. The van der Waals surface area contributed by atoms with Crippen molar-refractivity contribution in [3.8, 4) is 0 Å². The number of carbonyl (C=O) groups is 2. The average Bonchev–Trinajstić information content (AvgIpc) is 2.87. The second-order valence-corrected chi connectivity index (χ2v) is 21.7. The van der Waals surface area contributed by atoms with Gasteiger partial charge >= 0.3 is 0 Å². The third-order valence-corrected chi connectivity index (χ3v) is 16.1. The van der Waals surface area contributed by atoms with Gasteiger partial charge in [0.2, 0.25) is 0 Å². The van der Waals surface area contributed by atoms with Gasteiger partial charge in [-0.2, -0.15) is 0 Å². The van der Waals surface area contributed by atoms with Gasteiger partial charge in [-0.05, 0) is 50.1 Å². The third-order valence-electron chi connectivity index (χ3n) is 7.06. The molecule has 0 radical (unpaired) electrons. The van der Waals surface area contributed by atoms with Crippen LogP contribution in [0.2, 0.25) is 36.3 Å². The van der Waals surface area contributed by atoms with Gasteiger partial charge in [0.05, 0.1) is 12.2 Å². The standard InChI is InChI=1S/C23H46O6Si2/c1-21(2,3)30(9,10)28-17(13-15-24)19-20(27-23(7,8)26-19)18(14-16-25)29-31(11,12)22(4,5)6/h15-20H,13-14H2,1-12H3/t17-,18-,19+,20+/m0/s1. The third kappa shape index (κ3) is 7.30. The molecular weight excluding hydrogens is 428 g/mol. The van der Waals surface area contributed by atoms with E-state index in [1.165, 1.54) is 0 Å². The molecule has 1 rings (SSSR count). The van der Waals surface area contributed by atoms with Gasteiger partial charge in [0.15, 0.2) is 22.4 Å². The second-order valence-electron chi connectivity index (χ2n) is 12.2. The molecule has 8 heteroatoms. The van der Waals surface area contributed by atoms with Gasteiger partial charge in [-0.1, -0.05) is 41.5 Å². The molecule has 1 saturated heterocycles. The lowest BCUT2D eigenvalue weighted by molar-refractivity contribution is -0.160. The van der Waals surface area contributed by atoms with E-state index in [2.05, 4.69) is 67.7 Å². The van der Waals surface area contributed by atoms with E-state index >= 15 is 0 Å². The van der Waals surface area contributed by atoms with Crippen molar-refractivity contribution < 1.29 is 27.9 Å². The van der Waals surface area contributed by atoms with Crippen LogP contribution in [0.15, 0.2) is 0 Å². The minimum atomic E-state index is -2.17. The Balaban J connectivity index is 3.33. The van der Waals surface area contributed by atoms with Crippen molar-refractivity contribution in [3.63, 3.8) is 0 Å². The van der Waals surface area contributed by atoms with E-state index in [0.717, 1.165) is 12.6 Å². The second kappa shape index (κ2) is 9.85. The summed E-state index contributed by atoms with van der Waals surface area (Å²) in [5, 5.41) is -0.0309. The number of aldehydes is 2. The van der Waals surface area contributed by atoms with Crippen LogP contribution in [0.5, 0.6) is 0 Å². The molecule has 182 valence electrons. The summed E-state index contributed by atoms with van der Waals surface area (Å²) in [5.74, 6) is -0.856. The molecule has 0 spiro atoms. The molecule has 1 heterocycles. The summed E-state index contributed by atoms with van der Waals surface area (Å²) in [5.41, 5.74) is 0. The van der Waals surface area contributed by atoms with Gasteiger partial charge in [-0.15, -0.1) is 0 Å². The molecule has 0 amide bonds. The molecule has 0 saturated carbocycles. The van der Waals surface area contributed by atoms with E-state index < -0.39 is 46.8 Å². The van der Waals surface area contributed by atoms with Crippen LogP contribution in [0.25, 0.3) is 0 Å². The number of ether oxygens (including phenoxy) is 2. The summed E-state index contributed by atoms with van der Waals surface area (Å²) in [7, 11) is -4.35. The van der Waals surface area contributed by atoms with E-state index in [4.69, 9.17) is 18.3 Å². The Hall–Kier alpha value is -0.386. The molecule has 1 aliphatic heterocycles. The predicted octanol–water partition coefficient (Wildman–Crippen LogP) is 5.47. The number of carbonyl (C=O) groups excluding carboxylic acids is 2. The minimum Gasteiger partial charge on any atom is -0.411 e. The fraction of sp³-hybridized carbons (Fsp3) is 0.913. The predicted molar refractivity (Wildman–Crippen MR) is 129 cm³/mol. The first-order valence-corrected chi connectivity index (χ1v) is 17.2. The van der Waals surface area contributed by atoms with Crippen molar-refractivity contribution in [2.75, 3.05) is 0 Å². The Bertz CT molecular complexity index is 567. The van der Waals surface area contributed by atoms with Crippen LogP contribution in [0.3, 0.4) is 0 Å². The summed E-state index contributed by atoms with van der Waals surface area (Å²) in [6.45, 7) is 25.4. The summed E-state index contributed by atoms with van der Waals surface area (Å²) >= 11 is 0. The lowest BCUT2D eigenvalue weighted by Gasteiger charge is -2.43. The van der Waals surface area contributed by atoms with E-state index in [1.54, 1.807) is 0 Å². The highest BCUT2D eigenvalue weighted by Gasteiger charge is 2.53. The Morgan fingerprint density at radius 2 is 1.06 bits per heavy atom. The maximum Gasteiger partial charge on any atom is 0.192 e. The van der Waals surface area contributed by atoms with Crippen molar-refractivity contribution in [2.24, 2.45) is 0 Å². The smallest absolute Gasteiger partial charge is 0.192 e. The Morgan fingerprint density at radius 3 is 1.29 bits per heavy atom. The first kappa shape index (κ1) is 28.6. The number of hydrogen-bond acceptors (Lipinski definition) is 6. The molecule has 0 aliphatic carbocycles. The molecule has 0 unspecified atom stereocenters. The van der Waals surface area contributed by atoms with Crippen molar-refractivity contribution in [3.05, 3.63) is 0 Å². The molecule has 0 N–H and O–H groups in total. The van der Waals surface area contributed by atoms with Crippen LogP contribution in [0.4, 0.5) is 0 Å². The highest BCUT2D eigenvalue weighted by molar-refractivity contribution is 6.74. The first-order chi connectivity index (χ1) is 13.8. The lowest BCUT2D eigenvalue weighted by Crippen LogP contribution is -2.54. The quantitative estimate of drug-likeness (QED) is 0.309. The van der Waals surface area contributed by atoms with Crippen LogP contribution >= 0.6 is 0 Å². The molecule has 0 aromatic rings. The van der Waals surface area contributed by atoms with Gasteiger partial charge < -0.3 is 27.9 Å². The van der Waals surface area contributed by atoms with Crippen LogP contribution in [-0.4, -0.2) is 59.4 Å². The maximum atomic E-state index is 11.6. The molecule has 1 fully saturated rings. The van der Waals surface area contributed by atoms with Crippen LogP contribution in [0, 0.1) is 0 Å². The zero-order valence-electron chi connectivity index (χ0n) is 21.8.